The Labute approximate surface area is 122 Å². The van der Waals surface area contributed by atoms with Gasteiger partial charge in [0.15, 0.2) is 0 Å². The lowest BCUT2D eigenvalue weighted by molar-refractivity contribution is -0.385. The molecule has 0 radical (unpaired) electrons. The van der Waals surface area contributed by atoms with E-state index in [2.05, 4.69) is 5.32 Å². The van der Waals surface area contributed by atoms with Gasteiger partial charge in [-0.25, -0.2) is 4.39 Å². The minimum Gasteiger partial charge on any atom is -0.506 e. The SMILES string of the molecule is O=C(Nc1ccc(Cl)c(O)c1)c1ccc(F)cc1[N+](=O)[O-]. The minimum atomic E-state index is -0.850. The number of anilines is 1. The number of carbonyl (C=O) groups is 1. The number of phenols is 1. The predicted molar refractivity (Wildman–Crippen MR) is 74.1 cm³/mol. The summed E-state index contributed by atoms with van der Waals surface area (Å²) in [5.74, 6) is -1.87. The number of amides is 1. The lowest BCUT2D eigenvalue weighted by Gasteiger charge is -2.07. The highest BCUT2D eigenvalue weighted by Gasteiger charge is 2.21. The molecule has 0 aliphatic heterocycles. The second-order valence-corrected chi connectivity index (χ2v) is 4.45. The third-order valence-corrected chi connectivity index (χ3v) is 2.92. The molecule has 108 valence electrons. The number of carbonyl (C=O) groups excluding carboxylic acids is 1. The third kappa shape index (κ3) is 3.26. The van der Waals surface area contributed by atoms with Crippen molar-refractivity contribution in [1.29, 1.82) is 0 Å². The lowest BCUT2D eigenvalue weighted by atomic mass is 10.1. The summed E-state index contributed by atoms with van der Waals surface area (Å²) in [6.45, 7) is 0. The van der Waals surface area contributed by atoms with E-state index in [-0.39, 0.29) is 22.0 Å². The summed E-state index contributed by atoms with van der Waals surface area (Å²) in [7, 11) is 0. The van der Waals surface area contributed by atoms with Gasteiger partial charge in [-0.3, -0.25) is 14.9 Å². The van der Waals surface area contributed by atoms with Crippen molar-refractivity contribution in [2.24, 2.45) is 0 Å². The average molecular weight is 311 g/mol. The van der Waals surface area contributed by atoms with E-state index in [4.69, 9.17) is 11.6 Å². The number of nitro groups is 1. The molecule has 0 saturated heterocycles. The summed E-state index contributed by atoms with van der Waals surface area (Å²) >= 11 is 5.62. The van der Waals surface area contributed by atoms with Crippen molar-refractivity contribution >= 4 is 28.9 Å². The second kappa shape index (κ2) is 5.76. The number of nitro benzene ring substituents is 1. The number of hydrogen-bond acceptors (Lipinski definition) is 4. The fourth-order valence-corrected chi connectivity index (χ4v) is 1.75. The molecule has 0 heterocycles. The first-order valence-corrected chi connectivity index (χ1v) is 6.00. The van der Waals surface area contributed by atoms with Crippen LogP contribution in [0.5, 0.6) is 5.75 Å². The molecule has 0 bridgehead atoms. The lowest BCUT2D eigenvalue weighted by Crippen LogP contribution is -2.14. The van der Waals surface area contributed by atoms with Crippen molar-refractivity contribution in [3.63, 3.8) is 0 Å². The van der Waals surface area contributed by atoms with Gasteiger partial charge in [-0.1, -0.05) is 11.6 Å². The van der Waals surface area contributed by atoms with E-state index >= 15 is 0 Å². The Morgan fingerprint density at radius 2 is 2.00 bits per heavy atom. The van der Waals surface area contributed by atoms with Gasteiger partial charge in [0.1, 0.15) is 17.1 Å². The van der Waals surface area contributed by atoms with Crippen LogP contribution in [-0.4, -0.2) is 15.9 Å². The van der Waals surface area contributed by atoms with Crippen molar-refractivity contribution in [3.05, 3.63) is 62.9 Å². The zero-order valence-electron chi connectivity index (χ0n) is 10.3. The third-order valence-electron chi connectivity index (χ3n) is 2.61. The van der Waals surface area contributed by atoms with Crippen molar-refractivity contribution in [2.45, 2.75) is 0 Å². The van der Waals surface area contributed by atoms with E-state index in [1.165, 1.54) is 18.2 Å². The first-order chi connectivity index (χ1) is 9.88. The van der Waals surface area contributed by atoms with E-state index in [9.17, 15) is 24.4 Å². The highest BCUT2D eigenvalue weighted by molar-refractivity contribution is 6.32. The van der Waals surface area contributed by atoms with Crippen molar-refractivity contribution in [3.8, 4) is 5.75 Å². The Bertz CT molecular complexity index is 736. The predicted octanol–water partition coefficient (Wildman–Crippen LogP) is 3.35. The van der Waals surface area contributed by atoms with E-state index in [1.807, 2.05) is 0 Å². The number of phenolic OH excluding ortho intramolecular Hbond substituents is 1. The summed E-state index contributed by atoms with van der Waals surface area (Å²) in [5, 5.41) is 22.7. The number of benzene rings is 2. The highest BCUT2D eigenvalue weighted by atomic mass is 35.5. The van der Waals surface area contributed by atoms with E-state index in [0.29, 0.717) is 6.07 Å². The molecule has 2 N–H and O–H groups in total. The second-order valence-electron chi connectivity index (χ2n) is 4.04. The maximum absolute atomic E-state index is 13.0. The van der Waals surface area contributed by atoms with Crippen LogP contribution >= 0.6 is 11.6 Å². The van der Waals surface area contributed by atoms with Crippen LogP contribution in [0.1, 0.15) is 10.4 Å². The summed E-state index contributed by atoms with van der Waals surface area (Å²) in [6, 6.07) is 6.57. The summed E-state index contributed by atoms with van der Waals surface area (Å²) < 4.78 is 13.0. The van der Waals surface area contributed by atoms with Crippen LogP contribution in [0.15, 0.2) is 36.4 Å². The van der Waals surface area contributed by atoms with E-state index in [1.54, 1.807) is 0 Å². The van der Waals surface area contributed by atoms with Crippen LogP contribution in [0.25, 0.3) is 0 Å². The molecule has 2 aromatic carbocycles. The molecule has 0 saturated carbocycles. The zero-order chi connectivity index (χ0) is 15.6. The maximum Gasteiger partial charge on any atom is 0.285 e. The summed E-state index contributed by atoms with van der Waals surface area (Å²) in [5.41, 5.74) is -0.748. The number of rotatable bonds is 3. The van der Waals surface area contributed by atoms with Gasteiger partial charge in [0.05, 0.1) is 16.0 Å². The Balaban J connectivity index is 2.32. The molecule has 6 nitrogen and oxygen atoms in total. The molecule has 21 heavy (non-hydrogen) atoms. The minimum absolute atomic E-state index is 0.0979. The van der Waals surface area contributed by atoms with Crippen molar-refractivity contribution in [1.82, 2.24) is 0 Å². The Morgan fingerprint density at radius 3 is 2.62 bits per heavy atom. The molecule has 0 aromatic heterocycles. The average Bonchev–Trinajstić information content (AvgIpc) is 2.42. The molecule has 0 spiro atoms. The monoisotopic (exact) mass is 310 g/mol. The molecule has 0 aliphatic carbocycles. The fourth-order valence-electron chi connectivity index (χ4n) is 1.64. The Hall–Kier alpha value is -2.67. The van der Waals surface area contributed by atoms with Gasteiger partial charge < -0.3 is 10.4 Å². The first-order valence-electron chi connectivity index (χ1n) is 5.62. The molecular weight excluding hydrogens is 303 g/mol. The van der Waals surface area contributed by atoms with Crippen LogP contribution in [0.2, 0.25) is 5.02 Å². The van der Waals surface area contributed by atoms with Gasteiger partial charge in [0.2, 0.25) is 0 Å². The maximum atomic E-state index is 13.0. The van der Waals surface area contributed by atoms with Crippen LogP contribution in [0.4, 0.5) is 15.8 Å². The van der Waals surface area contributed by atoms with Gasteiger partial charge in [-0.05, 0) is 24.3 Å². The van der Waals surface area contributed by atoms with Crippen molar-refractivity contribution in [2.75, 3.05) is 5.32 Å². The van der Waals surface area contributed by atoms with E-state index in [0.717, 1.165) is 12.1 Å². The molecular formula is C13H8ClFN2O4. The Morgan fingerprint density at radius 1 is 1.29 bits per heavy atom. The zero-order valence-corrected chi connectivity index (χ0v) is 11.1. The molecule has 1 amide bonds. The van der Waals surface area contributed by atoms with Gasteiger partial charge in [0, 0.05) is 11.8 Å². The molecule has 2 aromatic rings. The van der Waals surface area contributed by atoms with E-state index < -0.39 is 22.3 Å². The topological polar surface area (TPSA) is 92.5 Å². The number of hydrogen-bond donors (Lipinski definition) is 2. The number of halogens is 2. The number of nitrogens with zero attached hydrogens (tertiary/aromatic N) is 1. The standard InChI is InChI=1S/C13H8ClFN2O4/c14-10-4-2-8(6-12(10)18)16-13(19)9-3-1-7(15)5-11(9)17(20)21/h1-6,18H,(H,16,19). The largest absolute Gasteiger partial charge is 0.506 e. The van der Waals surface area contributed by atoms with Gasteiger partial charge in [-0.2, -0.15) is 0 Å². The van der Waals surface area contributed by atoms with Crippen LogP contribution in [0, 0.1) is 15.9 Å². The summed E-state index contributed by atoms with van der Waals surface area (Å²) in [6.07, 6.45) is 0. The van der Waals surface area contributed by atoms with Gasteiger partial charge in [-0.15, -0.1) is 0 Å². The van der Waals surface area contributed by atoms with Gasteiger partial charge >= 0.3 is 0 Å². The molecule has 0 unspecified atom stereocenters. The Kier molecular flexibility index (Phi) is 4.04. The molecule has 8 heteroatoms. The molecule has 0 fully saturated rings. The molecule has 2 rings (SSSR count). The number of nitrogens with one attached hydrogen (secondary N) is 1. The van der Waals surface area contributed by atoms with Crippen LogP contribution in [-0.2, 0) is 0 Å². The number of aromatic hydroxyl groups is 1. The fraction of sp³-hybridized carbons (Fsp3) is 0. The summed E-state index contributed by atoms with van der Waals surface area (Å²) in [4.78, 5) is 22.0. The first kappa shape index (κ1) is 14.7. The highest BCUT2D eigenvalue weighted by Crippen LogP contribution is 2.27. The van der Waals surface area contributed by atoms with Crippen molar-refractivity contribution < 1.29 is 19.2 Å². The van der Waals surface area contributed by atoms with Gasteiger partial charge in [0.25, 0.3) is 11.6 Å². The molecule has 0 atom stereocenters. The quantitative estimate of drug-likeness (QED) is 0.671. The normalized spacial score (nSPS) is 10.2. The van der Waals surface area contributed by atoms with Crippen LogP contribution < -0.4 is 5.32 Å². The molecule has 0 aliphatic rings. The smallest absolute Gasteiger partial charge is 0.285 e. The van der Waals surface area contributed by atoms with Crippen LogP contribution in [0.3, 0.4) is 0 Å².